The van der Waals surface area contributed by atoms with Crippen LogP contribution in [0.5, 0.6) is 5.75 Å². The molecule has 0 aromatic heterocycles. The summed E-state index contributed by atoms with van der Waals surface area (Å²) in [6, 6.07) is 10.1. The molecule has 0 saturated carbocycles. The molecule has 0 radical (unpaired) electrons. The van der Waals surface area contributed by atoms with Crippen LogP contribution in [0, 0.1) is 11.6 Å². The van der Waals surface area contributed by atoms with E-state index in [0.717, 1.165) is 17.7 Å². The molecule has 3 rings (SSSR count). The van der Waals surface area contributed by atoms with Gasteiger partial charge in [-0.3, -0.25) is 9.59 Å². The minimum absolute atomic E-state index is 0.0404. The third kappa shape index (κ3) is 4.36. The lowest BCUT2D eigenvalue weighted by Crippen LogP contribution is -2.48. The summed E-state index contributed by atoms with van der Waals surface area (Å²) in [5.41, 5.74) is 0.692. The number of piperazine rings is 1. The predicted molar refractivity (Wildman–Crippen MR) is 100 cm³/mol. The molecule has 1 aliphatic rings. The number of ether oxygens (including phenoxy) is 1. The second-order valence-electron chi connectivity index (χ2n) is 6.60. The van der Waals surface area contributed by atoms with Gasteiger partial charge in [-0.2, -0.15) is 0 Å². The number of methoxy groups -OCH3 is 1. The molecule has 1 amide bonds. The van der Waals surface area contributed by atoms with Crippen LogP contribution >= 0.6 is 0 Å². The van der Waals surface area contributed by atoms with E-state index in [-0.39, 0.29) is 30.4 Å². The predicted octanol–water partition coefficient (Wildman–Crippen LogP) is 3.11. The van der Waals surface area contributed by atoms with E-state index in [1.165, 1.54) is 0 Å². The number of carbonyl (C=O) groups is 2. The summed E-state index contributed by atoms with van der Waals surface area (Å²) < 4.78 is 32.2. The number of halogens is 2. The zero-order valence-electron chi connectivity index (χ0n) is 15.6. The molecule has 148 valence electrons. The van der Waals surface area contributed by atoms with Gasteiger partial charge in [0.25, 0.3) is 0 Å². The number of nitrogens with zero attached hydrogens (tertiary/aromatic N) is 1. The average molecular weight is 388 g/mol. The lowest BCUT2D eigenvalue weighted by molar-refractivity contribution is -0.134. The van der Waals surface area contributed by atoms with Crippen LogP contribution in [0.15, 0.2) is 42.5 Å². The summed E-state index contributed by atoms with van der Waals surface area (Å²) in [6.45, 7) is 1.73. The summed E-state index contributed by atoms with van der Waals surface area (Å²) in [4.78, 5) is 26.8. The molecule has 1 heterocycles. The molecule has 1 atom stereocenters. The van der Waals surface area contributed by atoms with Crippen molar-refractivity contribution in [2.45, 2.75) is 18.9 Å². The number of nitrogens with one attached hydrogen (secondary N) is 1. The number of para-hydroxylation sites is 1. The fraction of sp³-hybridized carbons (Fsp3) is 0.333. The Morgan fingerprint density at radius 3 is 2.71 bits per heavy atom. The van der Waals surface area contributed by atoms with Gasteiger partial charge in [-0.05, 0) is 18.2 Å². The van der Waals surface area contributed by atoms with E-state index in [4.69, 9.17) is 4.74 Å². The van der Waals surface area contributed by atoms with Crippen LogP contribution in [0.1, 0.15) is 34.8 Å². The van der Waals surface area contributed by atoms with Crippen molar-refractivity contribution in [2.75, 3.05) is 26.7 Å². The average Bonchev–Trinajstić information content (AvgIpc) is 2.71. The van der Waals surface area contributed by atoms with Crippen molar-refractivity contribution in [2.24, 2.45) is 0 Å². The fourth-order valence-electron chi connectivity index (χ4n) is 3.44. The topological polar surface area (TPSA) is 58.6 Å². The summed E-state index contributed by atoms with van der Waals surface area (Å²) >= 11 is 0. The quantitative estimate of drug-likeness (QED) is 0.773. The highest BCUT2D eigenvalue weighted by Gasteiger charge is 2.30. The number of carbonyl (C=O) groups excluding carboxylic acids is 2. The van der Waals surface area contributed by atoms with Gasteiger partial charge in [0.1, 0.15) is 17.4 Å². The number of Topliss-reactive ketones (excluding diaryl/α,β-unsaturated/α-hetero) is 1. The van der Waals surface area contributed by atoms with Gasteiger partial charge in [0.15, 0.2) is 5.78 Å². The minimum atomic E-state index is -0.911. The van der Waals surface area contributed by atoms with Crippen molar-refractivity contribution in [3.05, 3.63) is 65.2 Å². The summed E-state index contributed by atoms with van der Waals surface area (Å²) in [6.07, 6.45) is -0.175. The highest BCUT2D eigenvalue weighted by Crippen LogP contribution is 2.30. The normalized spacial score (nSPS) is 16.7. The van der Waals surface area contributed by atoms with Crippen LogP contribution in [0.2, 0.25) is 0 Å². The first-order valence-corrected chi connectivity index (χ1v) is 9.12. The van der Waals surface area contributed by atoms with E-state index in [0.29, 0.717) is 31.5 Å². The van der Waals surface area contributed by atoms with E-state index in [2.05, 4.69) is 5.32 Å². The molecule has 28 heavy (non-hydrogen) atoms. The minimum Gasteiger partial charge on any atom is -0.496 e. The fourth-order valence-corrected chi connectivity index (χ4v) is 3.44. The molecule has 1 aliphatic heterocycles. The molecule has 0 aliphatic carbocycles. The van der Waals surface area contributed by atoms with Gasteiger partial charge in [-0.25, -0.2) is 8.78 Å². The maximum atomic E-state index is 13.8. The summed E-state index contributed by atoms with van der Waals surface area (Å²) in [7, 11) is 1.58. The van der Waals surface area contributed by atoms with Crippen molar-refractivity contribution in [3.63, 3.8) is 0 Å². The Balaban J connectivity index is 1.70. The van der Waals surface area contributed by atoms with Gasteiger partial charge >= 0.3 is 0 Å². The lowest BCUT2D eigenvalue weighted by atomic mass is 10.0. The first-order valence-electron chi connectivity index (χ1n) is 9.12. The first-order chi connectivity index (χ1) is 13.5. The molecule has 1 fully saturated rings. The van der Waals surface area contributed by atoms with Crippen molar-refractivity contribution in [1.82, 2.24) is 10.2 Å². The highest BCUT2D eigenvalue weighted by molar-refractivity contribution is 5.98. The zero-order valence-corrected chi connectivity index (χ0v) is 15.6. The van der Waals surface area contributed by atoms with E-state index in [1.54, 1.807) is 12.0 Å². The molecular weight excluding hydrogens is 366 g/mol. The molecule has 0 spiro atoms. The standard InChI is InChI=1S/C21H22F2N2O3/c1-28-20-5-3-2-4-16(20)18-13-24-10-11-25(18)21(27)9-8-19(26)15-7-6-14(22)12-17(15)23/h2-7,12,18,24H,8-11,13H2,1H3. The van der Waals surface area contributed by atoms with Crippen LogP contribution in [-0.4, -0.2) is 43.3 Å². The third-order valence-corrected chi connectivity index (χ3v) is 4.86. The summed E-state index contributed by atoms with van der Waals surface area (Å²) in [5, 5.41) is 3.27. The van der Waals surface area contributed by atoms with Gasteiger partial charge in [0.05, 0.1) is 18.7 Å². The molecule has 1 saturated heterocycles. The number of ketones is 1. The Bertz CT molecular complexity index is 872. The van der Waals surface area contributed by atoms with Gasteiger partial charge in [-0.15, -0.1) is 0 Å². The second-order valence-corrected chi connectivity index (χ2v) is 6.60. The smallest absolute Gasteiger partial charge is 0.223 e. The van der Waals surface area contributed by atoms with Crippen LogP contribution in [-0.2, 0) is 4.79 Å². The molecule has 1 N–H and O–H groups in total. The first kappa shape index (κ1) is 19.9. The van der Waals surface area contributed by atoms with Crippen LogP contribution in [0.25, 0.3) is 0 Å². The van der Waals surface area contributed by atoms with Crippen LogP contribution in [0.3, 0.4) is 0 Å². The Hall–Kier alpha value is -2.80. The number of amides is 1. The maximum absolute atomic E-state index is 13.8. The van der Waals surface area contributed by atoms with E-state index in [1.807, 2.05) is 24.3 Å². The SMILES string of the molecule is COc1ccccc1C1CNCCN1C(=O)CCC(=O)c1ccc(F)cc1F. The van der Waals surface area contributed by atoms with Gasteiger partial charge in [0.2, 0.25) is 5.91 Å². The largest absolute Gasteiger partial charge is 0.496 e. The Labute approximate surface area is 162 Å². The number of hydrogen-bond donors (Lipinski definition) is 1. The van der Waals surface area contributed by atoms with E-state index >= 15 is 0 Å². The van der Waals surface area contributed by atoms with Gasteiger partial charge in [0, 0.05) is 44.1 Å². The Morgan fingerprint density at radius 2 is 1.96 bits per heavy atom. The molecular formula is C21H22F2N2O3. The molecule has 7 heteroatoms. The maximum Gasteiger partial charge on any atom is 0.223 e. The van der Waals surface area contributed by atoms with Crippen molar-refractivity contribution in [1.29, 1.82) is 0 Å². The zero-order chi connectivity index (χ0) is 20.1. The molecule has 0 bridgehead atoms. The van der Waals surface area contributed by atoms with Crippen molar-refractivity contribution in [3.8, 4) is 5.75 Å². The lowest BCUT2D eigenvalue weighted by Gasteiger charge is -2.37. The number of hydrogen-bond acceptors (Lipinski definition) is 4. The highest BCUT2D eigenvalue weighted by atomic mass is 19.1. The molecule has 1 unspecified atom stereocenters. The van der Waals surface area contributed by atoms with E-state index < -0.39 is 17.4 Å². The number of benzene rings is 2. The van der Waals surface area contributed by atoms with Crippen molar-refractivity contribution >= 4 is 11.7 Å². The van der Waals surface area contributed by atoms with Crippen LogP contribution < -0.4 is 10.1 Å². The van der Waals surface area contributed by atoms with Crippen molar-refractivity contribution < 1.29 is 23.1 Å². The van der Waals surface area contributed by atoms with Crippen LogP contribution in [0.4, 0.5) is 8.78 Å². The third-order valence-electron chi connectivity index (χ3n) is 4.86. The monoisotopic (exact) mass is 388 g/mol. The number of rotatable bonds is 6. The molecule has 2 aromatic rings. The molecule has 2 aromatic carbocycles. The van der Waals surface area contributed by atoms with Gasteiger partial charge in [-0.1, -0.05) is 18.2 Å². The second kappa shape index (κ2) is 8.93. The Morgan fingerprint density at radius 1 is 1.18 bits per heavy atom. The van der Waals surface area contributed by atoms with Gasteiger partial charge < -0.3 is 15.0 Å². The summed E-state index contributed by atoms with van der Waals surface area (Å²) in [5.74, 6) is -1.67. The Kier molecular flexibility index (Phi) is 6.36. The van der Waals surface area contributed by atoms with E-state index in [9.17, 15) is 18.4 Å². The molecule has 5 nitrogen and oxygen atoms in total.